The highest BCUT2D eigenvalue weighted by atomic mass is 127. The second kappa shape index (κ2) is 58.1. The van der Waals surface area contributed by atoms with Crippen LogP contribution in [0.2, 0.25) is 5.02 Å². The van der Waals surface area contributed by atoms with E-state index < -0.39 is 81.3 Å². The number of carbonyl (C=O) groups is 6. The lowest BCUT2D eigenvalue weighted by molar-refractivity contribution is 0.119. The largest absolute Gasteiger partial charge is 0.513 e. The van der Waals surface area contributed by atoms with E-state index in [1.54, 1.807) is 163 Å². The van der Waals surface area contributed by atoms with Gasteiger partial charge in [-0.25, -0.2) is 85.8 Å². The average molecular weight is 2210 g/mol. The van der Waals surface area contributed by atoms with Crippen LogP contribution in [-0.4, -0.2) is 79.6 Å². The van der Waals surface area contributed by atoms with Gasteiger partial charge in [-0.15, -0.1) is 0 Å². The van der Waals surface area contributed by atoms with Crippen molar-refractivity contribution in [3.63, 3.8) is 0 Å². The lowest BCUT2D eigenvalue weighted by Gasteiger charge is -2.15. The number of hydrogen-bond donors (Lipinski definition) is 0. The van der Waals surface area contributed by atoms with Crippen molar-refractivity contribution < 1.29 is 171 Å². The van der Waals surface area contributed by atoms with Crippen LogP contribution in [0.25, 0.3) is 0 Å². The van der Waals surface area contributed by atoms with Gasteiger partial charge in [-0.1, -0.05) is 152 Å². The first-order chi connectivity index (χ1) is 68.1. The Kier molecular flexibility index (Phi) is 47.0. The molecule has 0 aliphatic heterocycles. The van der Waals surface area contributed by atoms with Crippen LogP contribution in [0.15, 0.2) is 229 Å². The molecular formula is C103H94BrClF13IO24. The summed E-state index contributed by atoms with van der Waals surface area (Å²) >= 11 is 11.5. The molecule has 0 bridgehead atoms. The molecule has 0 aliphatic carbocycles. The number of aryl methyl sites for hydroxylation is 7. The molecule has 0 saturated carbocycles. The molecule has 143 heavy (non-hydrogen) atoms. The maximum atomic E-state index is 14.0. The second-order valence-corrected chi connectivity index (χ2v) is 32.1. The predicted molar refractivity (Wildman–Crippen MR) is 510 cm³/mol. The molecule has 0 aromatic heterocycles. The zero-order valence-corrected chi connectivity index (χ0v) is 82.9. The van der Waals surface area contributed by atoms with E-state index in [0.29, 0.717) is 49.0 Å². The minimum Gasteiger partial charge on any atom is -0.488 e. The number of para-hydroxylation sites is 1. The van der Waals surface area contributed by atoms with Gasteiger partial charge in [0.2, 0.25) is 0 Å². The van der Waals surface area contributed by atoms with Crippen LogP contribution in [0.3, 0.4) is 0 Å². The third kappa shape index (κ3) is 36.6. The molecule has 12 aromatic carbocycles. The summed E-state index contributed by atoms with van der Waals surface area (Å²) in [7, 11) is 7.08. The van der Waals surface area contributed by atoms with Gasteiger partial charge in [0.25, 0.3) is 38.6 Å². The van der Waals surface area contributed by atoms with Gasteiger partial charge in [0.1, 0.15) is 114 Å². The monoisotopic (exact) mass is 2200 g/mol. The van der Waals surface area contributed by atoms with E-state index in [4.69, 9.17) is 68.4 Å². The normalized spacial score (nSPS) is 10.6. The summed E-state index contributed by atoms with van der Waals surface area (Å²) in [5, 5.41) is 0.280. The highest BCUT2D eigenvalue weighted by Crippen LogP contribution is 2.41. The van der Waals surface area contributed by atoms with Crippen LogP contribution in [0.5, 0.6) is 69.0 Å². The molecule has 0 N–H and O–H groups in total. The van der Waals surface area contributed by atoms with Gasteiger partial charge >= 0.3 is 36.9 Å². The van der Waals surface area contributed by atoms with Crippen molar-refractivity contribution in [2.75, 3.05) is 42.7 Å². The van der Waals surface area contributed by atoms with Crippen molar-refractivity contribution in [2.24, 2.45) is 0 Å². The molecule has 24 nitrogen and oxygen atoms in total. The Morgan fingerprint density at radius 2 is 0.517 bits per heavy atom. The molecule has 762 valence electrons. The number of halogens is 16. The maximum absolute atomic E-state index is 14.0. The zero-order chi connectivity index (χ0) is 105. The van der Waals surface area contributed by atoms with Crippen LogP contribution < -0.4 is 56.8 Å². The van der Waals surface area contributed by atoms with Crippen LogP contribution in [0, 0.1) is 57.9 Å². The molecule has 0 radical (unpaired) electrons. The summed E-state index contributed by atoms with van der Waals surface area (Å²) in [5.41, 5.74) is 6.33. The lowest BCUT2D eigenvalue weighted by Crippen LogP contribution is -2.11. The summed E-state index contributed by atoms with van der Waals surface area (Å²) < 4.78 is 262. The van der Waals surface area contributed by atoms with E-state index in [0.717, 1.165) is 39.0 Å². The summed E-state index contributed by atoms with van der Waals surface area (Å²) in [4.78, 5) is 67.6. The summed E-state index contributed by atoms with van der Waals surface area (Å²) in [6.45, 7) is 11.5. The lowest BCUT2D eigenvalue weighted by atomic mass is 10.1. The Morgan fingerprint density at radius 1 is 0.273 bits per heavy atom. The summed E-state index contributed by atoms with van der Waals surface area (Å²) in [6.07, 6.45) is -21.3. The van der Waals surface area contributed by atoms with Crippen LogP contribution in [0.4, 0.5) is 85.8 Å². The Bertz CT molecular complexity index is 5560. The number of benzene rings is 12. The van der Waals surface area contributed by atoms with E-state index in [-0.39, 0.29) is 153 Å². The minimum absolute atomic E-state index is 0.0121. The highest BCUT2D eigenvalue weighted by molar-refractivity contribution is 14.1. The van der Waals surface area contributed by atoms with Gasteiger partial charge in [0.15, 0.2) is 0 Å². The standard InChI is InChI=1S/C18H18F2O4.C17H15BrF2O4.C17H15ClF2O4.C17H15F3O4.C17H15F2IO4.C17H16F2O4/c1-11-7-8-15(13(9-11)17(19)20)23-10-14-12(2)5-4-6-16(14)24-18(21)22-3;3*1-10-6-7-14(11(8-10)16(19)20)23-9-12-13(18)4-3-5-15(12)24-17(21)22-2;1-10-6-7-14(11(8-10)16(18)19)23-9-12-13(20)4-3-5-15(12)24-17(21)22-2;1-11-7-8-15(13(9-11)16(18)19)22-10-12-5-3-4-6-14(12)23-17(20)21-2/h4-9,17H,10H2,1-3H3;4*3-8,16H,9H2,1-2H3;3-9,16H,10H2,1-2H3. The van der Waals surface area contributed by atoms with E-state index in [1.165, 1.54) is 127 Å². The minimum atomic E-state index is -2.73. The fraction of sp³-hybridized carbons (Fsp3) is 0.243. The van der Waals surface area contributed by atoms with E-state index >= 15 is 0 Å². The number of alkyl halides is 12. The van der Waals surface area contributed by atoms with Crippen molar-refractivity contribution in [2.45, 2.75) is 127 Å². The Morgan fingerprint density at radius 3 is 0.860 bits per heavy atom. The fourth-order valence-electron chi connectivity index (χ4n) is 12.3. The van der Waals surface area contributed by atoms with Gasteiger partial charge in [-0.05, 0) is 210 Å². The predicted octanol–water partition coefficient (Wildman–Crippen LogP) is 30.4. The molecule has 0 amide bonds. The highest BCUT2D eigenvalue weighted by Gasteiger charge is 2.26. The first-order valence-electron chi connectivity index (χ1n) is 42.0. The molecule has 0 saturated heterocycles. The maximum Gasteiger partial charge on any atom is 0.513 e. The molecule has 12 aromatic rings. The van der Waals surface area contributed by atoms with Gasteiger partial charge in [0.05, 0.1) is 92.2 Å². The fourth-order valence-corrected chi connectivity index (χ4v) is 13.6. The van der Waals surface area contributed by atoms with Crippen molar-refractivity contribution >= 4 is 87.1 Å². The number of hydrogen-bond acceptors (Lipinski definition) is 24. The zero-order valence-electron chi connectivity index (χ0n) is 78.4. The average Bonchev–Trinajstić information content (AvgIpc) is 0.833. The molecule has 0 aliphatic rings. The first kappa shape index (κ1) is 116. The summed E-state index contributed by atoms with van der Waals surface area (Å²) in [6, 6.07) is 57.4. The van der Waals surface area contributed by atoms with Gasteiger partial charge in [0, 0.05) is 30.3 Å². The SMILES string of the molecule is COC(=O)Oc1cccc(Br)c1COc1ccc(C)cc1C(F)F.COC(=O)Oc1cccc(C)c1COc1ccc(C)cc1C(F)F.COC(=O)Oc1cccc(Cl)c1COc1ccc(C)cc1C(F)F.COC(=O)Oc1cccc(F)c1COc1ccc(C)cc1C(F)F.COC(=O)Oc1cccc(I)c1COc1ccc(C)cc1C(F)F.COC(=O)Oc1ccccc1COc1ccc(C)cc1C(F)F. The van der Waals surface area contributed by atoms with Crippen molar-refractivity contribution in [3.8, 4) is 69.0 Å². The van der Waals surface area contributed by atoms with Crippen LogP contribution >= 0.6 is 50.1 Å². The Balaban J connectivity index is 0.000000233. The number of rotatable bonds is 30. The molecule has 0 heterocycles. The molecule has 0 spiro atoms. The third-order valence-electron chi connectivity index (χ3n) is 19.4. The Hall–Kier alpha value is -14.4. The van der Waals surface area contributed by atoms with Gasteiger partial charge in [-0.2, -0.15) is 0 Å². The van der Waals surface area contributed by atoms with E-state index in [9.17, 15) is 85.8 Å². The second-order valence-electron chi connectivity index (χ2n) is 29.6. The van der Waals surface area contributed by atoms with E-state index in [2.05, 4.69) is 66.9 Å². The van der Waals surface area contributed by atoms with Gasteiger partial charge < -0.3 is 85.3 Å². The Labute approximate surface area is 840 Å². The quantitative estimate of drug-likeness (QED) is 0.0133. The van der Waals surface area contributed by atoms with Crippen LogP contribution in [0.1, 0.15) is 144 Å². The number of methoxy groups -OCH3 is 6. The smallest absolute Gasteiger partial charge is 0.488 e. The van der Waals surface area contributed by atoms with Gasteiger partial charge in [-0.3, -0.25) is 0 Å². The number of ether oxygens (including phenoxy) is 18. The van der Waals surface area contributed by atoms with Crippen molar-refractivity contribution in [3.05, 3.63) is 349 Å². The van der Waals surface area contributed by atoms with Crippen molar-refractivity contribution in [1.29, 1.82) is 0 Å². The summed E-state index contributed by atoms with van der Waals surface area (Å²) in [5.74, 6) is 0.701. The molecule has 0 atom stereocenters. The first-order valence-corrected chi connectivity index (χ1v) is 44.3. The molecule has 0 fully saturated rings. The topological polar surface area (TPSA) is 269 Å². The molecule has 0 unspecified atom stereocenters. The molecule has 12 rings (SSSR count). The number of carbonyl (C=O) groups excluding carboxylic acids is 6. The van der Waals surface area contributed by atoms with Crippen molar-refractivity contribution in [1.82, 2.24) is 0 Å². The third-order valence-corrected chi connectivity index (χ3v) is 21.6. The molecule has 40 heteroatoms. The van der Waals surface area contributed by atoms with Crippen LogP contribution in [-0.2, 0) is 68.1 Å². The molecular weight excluding hydrogens is 2110 g/mol. The van der Waals surface area contributed by atoms with E-state index in [1.807, 2.05) is 13.0 Å².